The van der Waals surface area contributed by atoms with Gasteiger partial charge in [-0.3, -0.25) is 14.3 Å². The lowest BCUT2D eigenvalue weighted by atomic mass is 9.94. The third-order valence-electron chi connectivity index (χ3n) is 5.14. The van der Waals surface area contributed by atoms with Crippen molar-refractivity contribution in [3.8, 4) is 5.82 Å². The summed E-state index contributed by atoms with van der Waals surface area (Å²) < 4.78 is 14.8. The van der Waals surface area contributed by atoms with Crippen LogP contribution in [0.2, 0.25) is 0 Å². The number of imidazole rings is 1. The average Bonchev–Trinajstić information content (AvgIpc) is 3.28. The minimum absolute atomic E-state index is 0.132. The van der Waals surface area contributed by atoms with Crippen LogP contribution in [0.4, 0.5) is 4.39 Å². The zero-order valence-electron chi connectivity index (χ0n) is 15.5. The molecule has 3 heterocycles. The van der Waals surface area contributed by atoms with Gasteiger partial charge in [0.25, 0.3) is 0 Å². The Morgan fingerprint density at radius 1 is 1.18 bits per heavy atom. The summed E-state index contributed by atoms with van der Waals surface area (Å²) in [4.78, 5) is 27.7. The minimum atomic E-state index is -0.256. The Kier molecular flexibility index (Phi) is 5.41. The van der Waals surface area contributed by atoms with Crippen molar-refractivity contribution in [1.29, 1.82) is 0 Å². The van der Waals surface area contributed by atoms with Crippen molar-refractivity contribution in [3.05, 3.63) is 72.5 Å². The Morgan fingerprint density at radius 3 is 2.82 bits per heavy atom. The number of aromatic nitrogens is 4. The number of nitrogens with zero attached hydrogens (tertiary/aromatic N) is 5. The van der Waals surface area contributed by atoms with Crippen LogP contribution in [0, 0.1) is 5.82 Å². The van der Waals surface area contributed by atoms with Crippen LogP contribution in [0.25, 0.3) is 5.82 Å². The Hall–Kier alpha value is -3.09. The van der Waals surface area contributed by atoms with Crippen molar-refractivity contribution in [2.24, 2.45) is 0 Å². The summed E-state index contributed by atoms with van der Waals surface area (Å²) in [6.07, 6.45) is 11.7. The van der Waals surface area contributed by atoms with Gasteiger partial charge in [0.05, 0.1) is 11.9 Å². The maximum atomic E-state index is 13.0. The zero-order chi connectivity index (χ0) is 19.3. The molecular formula is C21H22FN5O. The average molecular weight is 379 g/mol. The van der Waals surface area contributed by atoms with Gasteiger partial charge in [-0.1, -0.05) is 12.1 Å². The van der Waals surface area contributed by atoms with Crippen LogP contribution in [-0.4, -0.2) is 43.4 Å². The second-order valence-electron chi connectivity index (χ2n) is 7.08. The number of halogens is 1. The monoisotopic (exact) mass is 379 g/mol. The summed E-state index contributed by atoms with van der Waals surface area (Å²) in [7, 11) is 0. The van der Waals surface area contributed by atoms with Crippen LogP contribution in [0.1, 0.15) is 36.4 Å². The van der Waals surface area contributed by atoms with Gasteiger partial charge in [-0.25, -0.2) is 14.4 Å². The molecule has 1 atom stereocenters. The van der Waals surface area contributed by atoms with Gasteiger partial charge in [-0.15, -0.1) is 0 Å². The summed E-state index contributed by atoms with van der Waals surface area (Å²) in [5.74, 6) is 0.787. The van der Waals surface area contributed by atoms with Gasteiger partial charge in [0.15, 0.2) is 5.82 Å². The first-order chi connectivity index (χ1) is 13.7. The molecule has 1 fully saturated rings. The number of carbonyl (C=O) groups is 1. The highest BCUT2D eigenvalue weighted by Gasteiger charge is 2.26. The molecule has 0 spiro atoms. The molecular weight excluding hydrogens is 357 g/mol. The van der Waals surface area contributed by atoms with Crippen molar-refractivity contribution in [1.82, 2.24) is 24.4 Å². The zero-order valence-corrected chi connectivity index (χ0v) is 15.5. The fourth-order valence-electron chi connectivity index (χ4n) is 3.59. The molecule has 1 aromatic carbocycles. The first kappa shape index (κ1) is 18.3. The summed E-state index contributed by atoms with van der Waals surface area (Å²) >= 11 is 0. The fourth-order valence-corrected chi connectivity index (χ4v) is 3.59. The number of aryl methyl sites for hydroxylation is 1. The molecule has 2 aromatic heterocycles. The van der Waals surface area contributed by atoms with E-state index in [-0.39, 0.29) is 17.6 Å². The van der Waals surface area contributed by atoms with Crippen LogP contribution in [0.3, 0.4) is 0 Å². The molecule has 144 valence electrons. The topological polar surface area (TPSA) is 63.9 Å². The summed E-state index contributed by atoms with van der Waals surface area (Å²) in [6, 6.07) is 6.34. The number of benzene rings is 1. The molecule has 1 aliphatic heterocycles. The van der Waals surface area contributed by atoms with Crippen LogP contribution >= 0.6 is 0 Å². The molecule has 0 saturated carbocycles. The Bertz CT molecular complexity index is 926. The van der Waals surface area contributed by atoms with E-state index in [0.717, 1.165) is 36.5 Å². The largest absolute Gasteiger partial charge is 0.342 e. The van der Waals surface area contributed by atoms with E-state index in [1.807, 2.05) is 15.7 Å². The fraction of sp³-hybridized carbons (Fsp3) is 0.333. The molecule has 0 aliphatic carbocycles. The summed E-state index contributed by atoms with van der Waals surface area (Å²) in [5, 5.41) is 0. The second kappa shape index (κ2) is 8.29. The van der Waals surface area contributed by atoms with Gasteiger partial charge < -0.3 is 4.90 Å². The first-order valence-corrected chi connectivity index (χ1v) is 9.51. The molecule has 4 rings (SSSR count). The van der Waals surface area contributed by atoms with E-state index in [4.69, 9.17) is 4.98 Å². The molecule has 7 heteroatoms. The normalized spacial score (nSPS) is 16.9. The molecule has 0 radical (unpaired) electrons. The van der Waals surface area contributed by atoms with Gasteiger partial charge >= 0.3 is 0 Å². The number of hydrogen-bond acceptors (Lipinski definition) is 4. The van der Waals surface area contributed by atoms with E-state index in [1.54, 1.807) is 37.1 Å². The van der Waals surface area contributed by atoms with E-state index >= 15 is 0 Å². The number of amides is 1. The lowest BCUT2D eigenvalue weighted by molar-refractivity contribution is -0.132. The highest BCUT2D eigenvalue weighted by atomic mass is 19.1. The Labute approximate surface area is 163 Å². The number of carbonyl (C=O) groups excluding carboxylic acids is 1. The predicted octanol–water partition coefficient (Wildman–Crippen LogP) is 3.14. The van der Waals surface area contributed by atoms with E-state index < -0.39 is 0 Å². The standard InChI is InChI=1S/C21H22FN5O/c22-18-6-3-16(4-7-18)5-8-21(28)26-10-1-2-17(14-26)19-12-24-13-20(25-19)27-11-9-23-15-27/h3-4,6-7,9,11-13,15,17H,1-2,5,8,10,14H2/t17-/m1/s1. The maximum absolute atomic E-state index is 13.0. The Morgan fingerprint density at radius 2 is 2.04 bits per heavy atom. The van der Waals surface area contributed by atoms with Crippen molar-refractivity contribution >= 4 is 5.91 Å². The highest BCUT2D eigenvalue weighted by molar-refractivity contribution is 5.76. The van der Waals surface area contributed by atoms with Crippen molar-refractivity contribution in [2.75, 3.05) is 13.1 Å². The molecule has 3 aromatic rings. The van der Waals surface area contributed by atoms with Crippen LogP contribution in [0.15, 0.2) is 55.4 Å². The molecule has 6 nitrogen and oxygen atoms in total. The predicted molar refractivity (Wildman–Crippen MR) is 102 cm³/mol. The molecule has 0 N–H and O–H groups in total. The summed E-state index contributed by atoms with van der Waals surface area (Å²) in [6.45, 7) is 1.43. The molecule has 1 aliphatic rings. The highest BCUT2D eigenvalue weighted by Crippen LogP contribution is 2.26. The van der Waals surface area contributed by atoms with Crippen molar-refractivity contribution in [2.45, 2.75) is 31.6 Å². The molecule has 1 amide bonds. The summed E-state index contributed by atoms with van der Waals surface area (Å²) in [5.41, 5.74) is 1.88. The van der Waals surface area contributed by atoms with Gasteiger partial charge in [0.2, 0.25) is 5.91 Å². The molecule has 0 bridgehead atoms. The second-order valence-corrected chi connectivity index (χ2v) is 7.08. The molecule has 1 saturated heterocycles. The number of piperidine rings is 1. The lowest BCUT2D eigenvalue weighted by Gasteiger charge is -2.32. The van der Waals surface area contributed by atoms with Crippen molar-refractivity contribution in [3.63, 3.8) is 0 Å². The third-order valence-corrected chi connectivity index (χ3v) is 5.14. The van der Waals surface area contributed by atoms with E-state index in [2.05, 4.69) is 9.97 Å². The van der Waals surface area contributed by atoms with Gasteiger partial charge in [-0.05, 0) is 37.0 Å². The van der Waals surface area contributed by atoms with E-state index in [1.165, 1.54) is 12.1 Å². The van der Waals surface area contributed by atoms with Gasteiger partial charge in [-0.2, -0.15) is 0 Å². The van der Waals surface area contributed by atoms with Gasteiger partial charge in [0.1, 0.15) is 12.1 Å². The number of rotatable bonds is 5. The first-order valence-electron chi connectivity index (χ1n) is 9.51. The lowest BCUT2D eigenvalue weighted by Crippen LogP contribution is -2.39. The quantitative estimate of drug-likeness (QED) is 0.683. The van der Waals surface area contributed by atoms with Crippen molar-refractivity contribution < 1.29 is 9.18 Å². The van der Waals surface area contributed by atoms with Crippen LogP contribution in [0.5, 0.6) is 0 Å². The number of hydrogen-bond donors (Lipinski definition) is 0. The SMILES string of the molecule is O=C(CCc1ccc(F)cc1)N1CCC[C@@H](c2cncc(-n3ccnc3)n2)C1. The molecule has 28 heavy (non-hydrogen) atoms. The van der Waals surface area contributed by atoms with E-state index in [9.17, 15) is 9.18 Å². The molecule has 0 unspecified atom stereocenters. The van der Waals surface area contributed by atoms with Crippen LogP contribution < -0.4 is 0 Å². The maximum Gasteiger partial charge on any atom is 0.222 e. The Balaban J connectivity index is 1.39. The van der Waals surface area contributed by atoms with Crippen LogP contribution in [-0.2, 0) is 11.2 Å². The smallest absolute Gasteiger partial charge is 0.222 e. The minimum Gasteiger partial charge on any atom is -0.342 e. The number of likely N-dealkylation sites (tertiary alicyclic amines) is 1. The van der Waals surface area contributed by atoms with Gasteiger partial charge in [0, 0.05) is 44.0 Å². The van der Waals surface area contributed by atoms with E-state index in [0.29, 0.717) is 19.4 Å². The third kappa shape index (κ3) is 4.24.